The number of hydrogen-bond donors (Lipinski definition) is 0. The predicted molar refractivity (Wildman–Crippen MR) is 96.1 cm³/mol. The first kappa shape index (κ1) is 16.8. The molecule has 3 heterocycles. The van der Waals surface area contributed by atoms with E-state index in [1.807, 2.05) is 43.3 Å². The highest BCUT2D eigenvalue weighted by Gasteiger charge is 2.67. The van der Waals surface area contributed by atoms with E-state index in [9.17, 15) is 9.59 Å². The van der Waals surface area contributed by atoms with Crippen molar-refractivity contribution in [1.82, 2.24) is 0 Å². The summed E-state index contributed by atoms with van der Waals surface area (Å²) in [5.74, 6) is -1.46. The quantitative estimate of drug-likeness (QED) is 0.429. The molecule has 3 aliphatic heterocycles. The van der Waals surface area contributed by atoms with E-state index in [1.165, 1.54) is 0 Å². The van der Waals surface area contributed by atoms with Gasteiger partial charge in [-0.25, -0.2) is 0 Å². The molecule has 25 heavy (non-hydrogen) atoms. The Kier molecular flexibility index (Phi) is 4.20. The minimum atomic E-state index is -0.717. The van der Waals surface area contributed by atoms with Gasteiger partial charge in [-0.2, -0.15) is 0 Å². The number of esters is 1. The third-order valence-electron chi connectivity index (χ3n) is 5.26. The van der Waals surface area contributed by atoms with E-state index in [2.05, 4.69) is 15.9 Å². The number of fused-ring (bicyclic) bond motifs is 1. The zero-order valence-electron chi connectivity index (χ0n) is 14.0. The predicted octanol–water partition coefficient (Wildman–Crippen LogP) is 3.08. The van der Waals surface area contributed by atoms with Crippen LogP contribution in [0, 0.1) is 11.8 Å². The summed E-state index contributed by atoms with van der Waals surface area (Å²) >= 11 is 3.51. The van der Waals surface area contributed by atoms with Crippen molar-refractivity contribution in [3.05, 3.63) is 40.9 Å². The second-order valence-electron chi connectivity index (χ2n) is 6.80. The largest absolute Gasteiger partial charge is 0.465 e. The van der Waals surface area contributed by atoms with Crippen LogP contribution in [0.5, 0.6) is 0 Å². The van der Waals surface area contributed by atoms with Crippen molar-refractivity contribution in [3.8, 4) is 0 Å². The fraction of sp³-hybridized carbons (Fsp3) is 0.474. The number of nitrogens with zero attached hydrogens (tertiary/aromatic N) is 1. The summed E-state index contributed by atoms with van der Waals surface area (Å²) in [7, 11) is 0. The third-order valence-corrected chi connectivity index (χ3v) is 5.93. The molecule has 5 nitrogen and oxygen atoms in total. The fourth-order valence-corrected chi connectivity index (χ4v) is 4.55. The Bertz CT molecular complexity index is 749. The minimum Gasteiger partial charge on any atom is -0.465 e. The molecule has 4 rings (SSSR count). The maximum absolute atomic E-state index is 13.2. The molecule has 0 radical (unpaired) electrons. The van der Waals surface area contributed by atoms with Gasteiger partial charge in [-0.3, -0.25) is 9.59 Å². The highest BCUT2D eigenvalue weighted by Crippen LogP contribution is 2.53. The molecule has 0 N–H and O–H groups in total. The number of anilines is 1. The fourth-order valence-electron chi connectivity index (χ4n) is 4.06. The number of amides is 1. The number of rotatable bonds is 5. The highest BCUT2D eigenvalue weighted by atomic mass is 79.9. The molecule has 0 saturated carbocycles. The van der Waals surface area contributed by atoms with E-state index in [-0.39, 0.29) is 18.0 Å². The lowest BCUT2D eigenvalue weighted by molar-refractivity contribution is -0.152. The van der Waals surface area contributed by atoms with E-state index in [0.29, 0.717) is 13.2 Å². The Balaban J connectivity index is 1.61. The summed E-state index contributed by atoms with van der Waals surface area (Å²) in [6.07, 6.45) is 5.28. The number of unbranched alkanes of at least 4 members (excludes halogenated alkanes) is 1. The van der Waals surface area contributed by atoms with Gasteiger partial charge in [0.2, 0.25) is 5.91 Å². The van der Waals surface area contributed by atoms with Gasteiger partial charge in [0.25, 0.3) is 0 Å². The van der Waals surface area contributed by atoms with E-state index < -0.39 is 17.4 Å². The first-order valence-electron chi connectivity index (χ1n) is 8.67. The van der Waals surface area contributed by atoms with Gasteiger partial charge in [0.1, 0.15) is 11.5 Å². The second-order valence-corrected chi connectivity index (χ2v) is 7.65. The molecule has 0 aliphatic carbocycles. The van der Waals surface area contributed by atoms with Crippen molar-refractivity contribution in [1.29, 1.82) is 0 Å². The van der Waals surface area contributed by atoms with Gasteiger partial charge >= 0.3 is 5.97 Å². The van der Waals surface area contributed by atoms with E-state index in [1.54, 1.807) is 4.90 Å². The van der Waals surface area contributed by atoms with Crippen LogP contribution in [0.1, 0.15) is 19.8 Å². The second kappa shape index (κ2) is 6.25. The normalized spacial score (nSPS) is 32.3. The van der Waals surface area contributed by atoms with Crippen LogP contribution < -0.4 is 4.90 Å². The molecule has 2 saturated heterocycles. The molecule has 2 fully saturated rings. The van der Waals surface area contributed by atoms with Gasteiger partial charge in [0, 0.05) is 4.47 Å². The van der Waals surface area contributed by atoms with Crippen molar-refractivity contribution < 1.29 is 19.1 Å². The SMILES string of the molecule is CCCCOC(=O)[C@H]1[C@@H]2C=C[C@]3(CN(c4ccccc4Br)C(=O)[C@H]13)O2. The Morgan fingerprint density at radius 3 is 3.00 bits per heavy atom. The van der Waals surface area contributed by atoms with E-state index in [4.69, 9.17) is 9.47 Å². The Hall–Kier alpha value is -1.66. The standard InChI is InChI=1S/C19H20BrNO4/c1-2-3-10-24-18(23)15-14-8-9-19(25-14)11-21(17(22)16(15)19)13-7-5-4-6-12(13)20/h4-9,14-16H,2-3,10-11H2,1H3/t14-,15-,16-,19+/m0/s1. The average Bonchev–Trinajstić information content (AvgIpc) is 3.24. The summed E-state index contributed by atoms with van der Waals surface area (Å²) in [4.78, 5) is 27.5. The van der Waals surface area contributed by atoms with Crippen LogP contribution in [-0.2, 0) is 19.1 Å². The topological polar surface area (TPSA) is 55.8 Å². The number of carbonyl (C=O) groups excluding carboxylic acids is 2. The minimum absolute atomic E-state index is 0.0730. The van der Waals surface area contributed by atoms with Gasteiger partial charge < -0.3 is 14.4 Å². The lowest BCUT2D eigenvalue weighted by Crippen LogP contribution is -2.40. The number of benzene rings is 1. The zero-order valence-corrected chi connectivity index (χ0v) is 15.6. The highest BCUT2D eigenvalue weighted by molar-refractivity contribution is 9.10. The summed E-state index contributed by atoms with van der Waals surface area (Å²) in [6, 6.07) is 7.59. The van der Waals surface area contributed by atoms with Crippen LogP contribution in [0.25, 0.3) is 0 Å². The summed E-state index contributed by atoms with van der Waals surface area (Å²) in [5.41, 5.74) is 0.0840. The molecular weight excluding hydrogens is 386 g/mol. The molecule has 0 unspecified atom stereocenters. The third kappa shape index (κ3) is 2.54. The average molecular weight is 406 g/mol. The van der Waals surface area contributed by atoms with Crippen LogP contribution >= 0.6 is 15.9 Å². The summed E-state index contributed by atoms with van der Waals surface area (Å²) in [6.45, 7) is 2.86. The molecule has 0 aromatic heterocycles. The van der Waals surface area contributed by atoms with Crippen molar-refractivity contribution in [3.63, 3.8) is 0 Å². The van der Waals surface area contributed by atoms with Crippen LogP contribution in [0.3, 0.4) is 0 Å². The maximum atomic E-state index is 13.2. The monoisotopic (exact) mass is 405 g/mol. The molecule has 6 heteroatoms. The van der Waals surface area contributed by atoms with Crippen LogP contribution in [0.2, 0.25) is 0 Å². The first-order chi connectivity index (χ1) is 12.1. The summed E-state index contributed by atoms with van der Waals surface area (Å²) < 4.78 is 12.3. The number of halogens is 1. The number of hydrogen-bond acceptors (Lipinski definition) is 4. The molecule has 1 spiro atoms. The van der Waals surface area contributed by atoms with Gasteiger partial charge in [-0.1, -0.05) is 37.6 Å². The molecule has 4 atom stereocenters. The van der Waals surface area contributed by atoms with Gasteiger partial charge in [-0.05, 0) is 34.5 Å². The molecule has 1 aromatic rings. The van der Waals surface area contributed by atoms with Crippen molar-refractivity contribution in [2.75, 3.05) is 18.1 Å². The summed E-state index contributed by atoms with van der Waals surface area (Å²) in [5, 5.41) is 0. The van der Waals surface area contributed by atoms with Crippen LogP contribution in [0.15, 0.2) is 40.9 Å². The zero-order chi connectivity index (χ0) is 17.6. The Morgan fingerprint density at radius 1 is 1.44 bits per heavy atom. The van der Waals surface area contributed by atoms with Gasteiger partial charge in [0.05, 0.1) is 30.9 Å². The number of ether oxygens (including phenoxy) is 2. The molecule has 2 bridgehead atoms. The smallest absolute Gasteiger partial charge is 0.312 e. The number of carbonyl (C=O) groups is 2. The maximum Gasteiger partial charge on any atom is 0.312 e. The first-order valence-corrected chi connectivity index (χ1v) is 9.46. The molecule has 132 valence electrons. The van der Waals surface area contributed by atoms with Gasteiger partial charge in [-0.15, -0.1) is 0 Å². The molecule has 1 aromatic carbocycles. The Labute approximate surface area is 155 Å². The molecule has 1 amide bonds. The lowest BCUT2D eigenvalue weighted by atomic mass is 9.77. The number of para-hydroxylation sites is 1. The Morgan fingerprint density at radius 2 is 2.24 bits per heavy atom. The van der Waals surface area contributed by atoms with Crippen molar-refractivity contribution in [2.45, 2.75) is 31.5 Å². The molecular formula is C19H20BrNO4. The lowest BCUT2D eigenvalue weighted by Gasteiger charge is -2.22. The van der Waals surface area contributed by atoms with Crippen molar-refractivity contribution in [2.24, 2.45) is 11.8 Å². The van der Waals surface area contributed by atoms with Crippen molar-refractivity contribution >= 4 is 33.5 Å². The van der Waals surface area contributed by atoms with E-state index in [0.717, 1.165) is 23.0 Å². The van der Waals surface area contributed by atoms with Crippen LogP contribution in [0.4, 0.5) is 5.69 Å². The van der Waals surface area contributed by atoms with Crippen LogP contribution in [-0.4, -0.2) is 36.7 Å². The van der Waals surface area contributed by atoms with Gasteiger partial charge in [0.15, 0.2) is 0 Å². The van der Waals surface area contributed by atoms with E-state index >= 15 is 0 Å². The molecule has 3 aliphatic rings.